The first kappa shape index (κ1) is 38.8. The third-order valence-electron chi connectivity index (χ3n) is 11.6. The molecule has 7 aromatic carbocycles. The molecule has 0 aliphatic heterocycles. The number of furan rings is 1. The molecule has 11 aromatic rings. The van der Waals surface area contributed by atoms with Gasteiger partial charge in [0.25, 0.3) is 0 Å². The molecule has 0 saturated heterocycles. The molecular formula is C56H38N3O2Pt-. The summed E-state index contributed by atoms with van der Waals surface area (Å²) in [6.45, 7) is 2.05. The molecule has 0 radical (unpaired) electrons. The zero-order valence-electron chi connectivity index (χ0n) is 33.9. The molecule has 0 saturated carbocycles. The second-order valence-electron chi connectivity index (χ2n) is 15.6. The zero-order valence-corrected chi connectivity index (χ0v) is 36.2. The van der Waals surface area contributed by atoms with E-state index in [1.807, 2.05) is 104 Å². The van der Waals surface area contributed by atoms with Gasteiger partial charge < -0.3 is 14.1 Å². The molecule has 62 heavy (non-hydrogen) atoms. The number of hydrogen-bond donors (Lipinski definition) is 1. The van der Waals surface area contributed by atoms with Crippen LogP contribution in [0.2, 0.25) is 0 Å². The first-order valence-electron chi connectivity index (χ1n) is 20.4. The average molecular weight is 980 g/mol. The molecule has 1 N–H and O–H groups in total. The van der Waals surface area contributed by atoms with Crippen molar-refractivity contribution in [1.29, 1.82) is 0 Å². The number of phenolic OH excluding ortho intramolecular Hbond substituents is 1. The number of aromatic hydroxyl groups is 1. The summed E-state index contributed by atoms with van der Waals surface area (Å²) < 4.78 is 8.63. The van der Waals surface area contributed by atoms with Gasteiger partial charge in [-0.1, -0.05) is 139 Å². The Morgan fingerprint density at radius 2 is 1.02 bits per heavy atom. The Labute approximate surface area is 373 Å². The number of aryl methyl sites for hydroxylation is 1. The summed E-state index contributed by atoms with van der Waals surface area (Å²) in [6.07, 6.45) is 0. The molecule has 0 spiro atoms. The van der Waals surface area contributed by atoms with E-state index in [0.29, 0.717) is 11.3 Å². The van der Waals surface area contributed by atoms with Crippen molar-refractivity contribution in [2.24, 2.45) is 7.05 Å². The Morgan fingerprint density at radius 3 is 1.73 bits per heavy atom. The van der Waals surface area contributed by atoms with Gasteiger partial charge in [0.15, 0.2) is 0 Å². The van der Waals surface area contributed by atoms with Crippen LogP contribution < -0.4 is 0 Å². The molecule has 0 unspecified atom stereocenters. The van der Waals surface area contributed by atoms with Crippen LogP contribution >= 0.6 is 0 Å². The second kappa shape index (κ2) is 15.9. The van der Waals surface area contributed by atoms with Crippen LogP contribution in [0.25, 0.3) is 111 Å². The molecule has 4 heterocycles. The molecular weight excluding hydrogens is 942 g/mol. The van der Waals surface area contributed by atoms with E-state index in [0.717, 1.165) is 100 Å². The van der Waals surface area contributed by atoms with E-state index < -0.39 is 0 Å². The Bertz CT molecular complexity index is 3460. The van der Waals surface area contributed by atoms with Crippen LogP contribution in [-0.2, 0) is 28.1 Å². The summed E-state index contributed by atoms with van der Waals surface area (Å²) >= 11 is 0. The maximum Gasteiger partial charge on any atom is 0.136 e. The number of pyridine rings is 2. The number of fused-ring (bicyclic) bond motifs is 4. The van der Waals surface area contributed by atoms with Crippen molar-refractivity contribution in [2.45, 2.75) is 6.92 Å². The number of para-hydroxylation sites is 1. The monoisotopic (exact) mass is 979 g/mol. The van der Waals surface area contributed by atoms with Crippen molar-refractivity contribution in [2.75, 3.05) is 0 Å². The van der Waals surface area contributed by atoms with Gasteiger partial charge in [-0.05, 0) is 77.2 Å². The van der Waals surface area contributed by atoms with Crippen LogP contribution in [0.4, 0.5) is 0 Å². The molecule has 6 heteroatoms. The van der Waals surface area contributed by atoms with Gasteiger partial charge in [-0.25, -0.2) is 0 Å². The van der Waals surface area contributed by atoms with Crippen molar-refractivity contribution >= 4 is 32.7 Å². The van der Waals surface area contributed by atoms with Gasteiger partial charge >= 0.3 is 0 Å². The van der Waals surface area contributed by atoms with E-state index in [-0.39, 0.29) is 26.8 Å². The van der Waals surface area contributed by atoms with Crippen LogP contribution in [0.1, 0.15) is 5.69 Å². The minimum Gasteiger partial charge on any atom is -0.507 e. The van der Waals surface area contributed by atoms with Gasteiger partial charge in [-0.15, -0.1) is 24.3 Å². The van der Waals surface area contributed by atoms with Crippen molar-refractivity contribution < 1.29 is 30.6 Å². The van der Waals surface area contributed by atoms with Crippen LogP contribution in [0.5, 0.6) is 5.75 Å². The van der Waals surface area contributed by atoms with Crippen molar-refractivity contribution in [3.05, 3.63) is 200 Å². The smallest absolute Gasteiger partial charge is 0.136 e. The van der Waals surface area contributed by atoms with Crippen molar-refractivity contribution in [3.63, 3.8) is 0 Å². The van der Waals surface area contributed by atoms with Gasteiger partial charge in [0.05, 0.1) is 17.1 Å². The standard InChI is InChI=1S/C56H38N3O2.Pt/c1-35-28-43(56-47-22-10-9-21-46(47)55(59(56)2)41-25-26-45-44-20-11-12-23-53(44)61-54(45)34-41)32-49(57-35)39-18-13-19-40(29-39)50-30-42(37-16-7-4-8-17-37)31-51(58-50)48-27-24-38(33-52(48)60)36-14-5-3-6-15-36;/h3-28,30-34,60H,1-2H3;/q-1;. The molecule has 0 fully saturated rings. The number of rotatable bonds is 7. The minimum absolute atomic E-state index is 0. The van der Waals surface area contributed by atoms with Gasteiger partial charge in [0.1, 0.15) is 16.9 Å². The predicted octanol–water partition coefficient (Wildman–Crippen LogP) is 14.3. The fourth-order valence-corrected chi connectivity index (χ4v) is 8.81. The molecule has 4 aromatic heterocycles. The van der Waals surface area contributed by atoms with E-state index >= 15 is 0 Å². The number of nitrogens with zero attached hydrogens (tertiary/aromatic N) is 3. The number of aromatic nitrogens is 3. The third-order valence-corrected chi connectivity index (χ3v) is 11.6. The third kappa shape index (κ3) is 6.91. The van der Waals surface area contributed by atoms with E-state index in [4.69, 9.17) is 14.4 Å². The summed E-state index contributed by atoms with van der Waals surface area (Å²) in [5.74, 6) is 0.172. The molecule has 300 valence electrons. The Morgan fingerprint density at radius 1 is 0.452 bits per heavy atom. The maximum atomic E-state index is 11.4. The Kier molecular flexibility index (Phi) is 9.98. The maximum absolute atomic E-state index is 11.4. The first-order chi connectivity index (χ1) is 29.9. The second-order valence-corrected chi connectivity index (χ2v) is 15.6. The zero-order chi connectivity index (χ0) is 41.0. The Balaban J connectivity index is 0.00000458. The van der Waals surface area contributed by atoms with Crippen LogP contribution in [0.3, 0.4) is 0 Å². The number of phenols is 1. The molecule has 5 nitrogen and oxygen atoms in total. The van der Waals surface area contributed by atoms with Crippen LogP contribution in [0, 0.1) is 13.0 Å². The predicted molar refractivity (Wildman–Crippen MR) is 249 cm³/mol. The fraction of sp³-hybridized carbons (Fsp3) is 0.0357. The average Bonchev–Trinajstić information content (AvgIpc) is 3.83. The van der Waals surface area contributed by atoms with Crippen LogP contribution in [-0.4, -0.2) is 19.6 Å². The molecule has 0 bridgehead atoms. The van der Waals surface area contributed by atoms with Gasteiger partial charge in [-0.2, -0.15) is 0 Å². The molecule has 0 amide bonds. The van der Waals surface area contributed by atoms with Gasteiger partial charge in [0, 0.05) is 77.9 Å². The molecule has 11 rings (SSSR count). The normalized spacial score (nSPS) is 11.3. The summed E-state index contributed by atoms with van der Waals surface area (Å²) in [6, 6.07) is 67.8. The minimum atomic E-state index is 0. The molecule has 0 atom stereocenters. The number of hydrogen-bond acceptors (Lipinski definition) is 4. The topological polar surface area (TPSA) is 64.1 Å². The van der Waals surface area contributed by atoms with E-state index in [1.54, 1.807) is 0 Å². The molecule has 0 aliphatic rings. The number of benzene rings is 7. The fourth-order valence-electron chi connectivity index (χ4n) is 8.81. The summed E-state index contributed by atoms with van der Waals surface area (Å²) in [5, 5.41) is 16.0. The van der Waals surface area contributed by atoms with E-state index in [9.17, 15) is 5.11 Å². The van der Waals surface area contributed by atoms with Gasteiger partial charge in [0.2, 0.25) is 0 Å². The van der Waals surface area contributed by atoms with Gasteiger partial charge in [-0.3, -0.25) is 9.97 Å². The van der Waals surface area contributed by atoms with Crippen LogP contribution in [0.15, 0.2) is 192 Å². The van der Waals surface area contributed by atoms with Crippen molar-refractivity contribution in [1.82, 2.24) is 14.5 Å². The van der Waals surface area contributed by atoms with E-state index in [1.165, 1.54) is 5.39 Å². The Hall–Kier alpha value is -7.33. The summed E-state index contributed by atoms with van der Waals surface area (Å²) in [7, 11) is 2.14. The summed E-state index contributed by atoms with van der Waals surface area (Å²) in [5.41, 5.74) is 15.7. The first-order valence-corrected chi connectivity index (χ1v) is 20.4. The quantitative estimate of drug-likeness (QED) is 0.162. The van der Waals surface area contributed by atoms with E-state index in [2.05, 4.69) is 109 Å². The SMILES string of the molecule is Cc1cc(-c2c3ccccc3c(-c3ccc4c(c3)oc3ccccc34)n2C)cc(-c2[c-]c(-c3cc(-c4ccccc4)cc(-c4ccc(-c5ccccc5)cc4O)n3)ccc2)n1.[Pt]. The molecule has 0 aliphatic carbocycles. The largest absolute Gasteiger partial charge is 0.507 e. The van der Waals surface area contributed by atoms with Crippen molar-refractivity contribution in [3.8, 4) is 84.3 Å². The summed E-state index contributed by atoms with van der Waals surface area (Å²) in [4.78, 5) is 10.2.